The monoisotopic (exact) mass is 476 g/mol. The maximum atomic E-state index is 12.9. The van der Waals surface area contributed by atoms with Gasteiger partial charge in [-0.3, -0.25) is 4.79 Å². The molecule has 1 atom stereocenters. The van der Waals surface area contributed by atoms with Crippen molar-refractivity contribution in [3.8, 4) is 0 Å². The summed E-state index contributed by atoms with van der Waals surface area (Å²) in [5.74, 6) is -4.57. The molecule has 1 aromatic heterocycles. The Kier molecular flexibility index (Phi) is 6.23. The first-order chi connectivity index (χ1) is 15.7. The summed E-state index contributed by atoms with van der Waals surface area (Å²) in [7, 11) is 0. The number of carbonyl (C=O) groups excluding carboxylic acids is 2. The Morgan fingerprint density at radius 3 is 2.55 bits per heavy atom. The number of aryl methyl sites for hydroxylation is 1. The van der Waals surface area contributed by atoms with Crippen molar-refractivity contribution < 1.29 is 27.5 Å². The standard InChI is InChI=1S/C22H19F3N4O3S/c23-21(24,25)20(31)32-22(18-12-33-13-26-18)28-16-10-9-15(11-17(16)29-22)27-19(30)8-4-7-14-5-2-1-3-6-14/h1-3,5-6,9-13,28-29H,4,7-8H2,(H,27,30). The van der Waals surface area contributed by atoms with Gasteiger partial charge in [-0.25, -0.2) is 9.78 Å². The molecule has 4 rings (SSSR count). The highest BCUT2D eigenvalue weighted by Crippen LogP contribution is 2.42. The van der Waals surface area contributed by atoms with Crippen LogP contribution in [-0.2, 0) is 26.6 Å². The summed E-state index contributed by atoms with van der Waals surface area (Å²) in [6.07, 6.45) is -3.44. The molecule has 0 spiro atoms. The van der Waals surface area contributed by atoms with Gasteiger partial charge in [-0.15, -0.1) is 11.3 Å². The van der Waals surface area contributed by atoms with Crippen LogP contribution in [0.4, 0.5) is 30.2 Å². The van der Waals surface area contributed by atoms with Gasteiger partial charge in [0.1, 0.15) is 5.69 Å². The average molecular weight is 476 g/mol. The van der Waals surface area contributed by atoms with Crippen LogP contribution in [-0.4, -0.2) is 23.0 Å². The minimum Gasteiger partial charge on any atom is -0.407 e. The lowest BCUT2D eigenvalue weighted by atomic mass is 10.1. The molecule has 7 nitrogen and oxygen atoms in total. The molecule has 1 unspecified atom stereocenters. The second-order valence-electron chi connectivity index (χ2n) is 7.34. The van der Waals surface area contributed by atoms with Crippen LogP contribution in [0.25, 0.3) is 0 Å². The van der Waals surface area contributed by atoms with Crippen LogP contribution in [0.5, 0.6) is 0 Å². The molecular weight excluding hydrogens is 457 g/mol. The molecule has 0 saturated heterocycles. The third kappa shape index (κ3) is 5.25. The van der Waals surface area contributed by atoms with E-state index < -0.39 is 18.0 Å². The highest BCUT2D eigenvalue weighted by molar-refractivity contribution is 7.07. The van der Waals surface area contributed by atoms with Crippen LogP contribution in [0, 0.1) is 0 Å². The molecule has 1 aliphatic rings. The quantitative estimate of drug-likeness (QED) is 0.422. The van der Waals surface area contributed by atoms with Crippen LogP contribution in [0.3, 0.4) is 0 Å². The number of ether oxygens (including phenoxy) is 1. The van der Waals surface area contributed by atoms with Crippen LogP contribution in [0.15, 0.2) is 59.4 Å². The number of fused-ring (bicyclic) bond motifs is 1. The molecular formula is C22H19F3N4O3S. The second kappa shape index (κ2) is 9.10. The van der Waals surface area contributed by atoms with Crippen molar-refractivity contribution >= 4 is 40.3 Å². The average Bonchev–Trinajstić information content (AvgIpc) is 3.42. The van der Waals surface area contributed by atoms with E-state index in [4.69, 9.17) is 4.74 Å². The van der Waals surface area contributed by atoms with Crippen molar-refractivity contribution in [2.24, 2.45) is 0 Å². The zero-order valence-electron chi connectivity index (χ0n) is 17.1. The number of nitrogens with zero attached hydrogens (tertiary/aromatic N) is 1. The van der Waals surface area contributed by atoms with Crippen molar-refractivity contribution in [2.75, 3.05) is 16.0 Å². The molecule has 1 aliphatic heterocycles. The summed E-state index contributed by atoms with van der Waals surface area (Å²) in [6.45, 7) is 0. The van der Waals surface area contributed by atoms with Crippen LogP contribution in [0.2, 0.25) is 0 Å². The van der Waals surface area contributed by atoms with E-state index in [0.29, 0.717) is 29.9 Å². The topological polar surface area (TPSA) is 92.4 Å². The largest absolute Gasteiger partial charge is 0.491 e. The Morgan fingerprint density at radius 2 is 1.85 bits per heavy atom. The number of amides is 1. The summed E-state index contributed by atoms with van der Waals surface area (Å²) in [6, 6.07) is 14.5. The Hall–Kier alpha value is -3.60. The maximum absolute atomic E-state index is 12.9. The van der Waals surface area contributed by atoms with E-state index in [-0.39, 0.29) is 11.6 Å². The molecule has 2 aromatic carbocycles. The third-order valence-corrected chi connectivity index (χ3v) is 5.49. The number of thiazole rings is 1. The lowest BCUT2D eigenvalue weighted by Crippen LogP contribution is -2.46. The van der Waals surface area contributed by atoms with Gasteiger partial charge in [0, 0.05) is 17.5 Å². The highest BCUT2D eigenvalue weighted by atomic mass is 32.1. The number of anilines is 3. The Bertz CT molecular complexity index is 1140. The van der Waals surface area contributed by atoms with Gasteiger partial charge in [0.25, 0.3) is 0 Å². The number of rotatable bonds is 7. The van der Waals surface area contributed by atoms with Gasteiger partial charge in [0.2, 0.25) is 5.91 Å². The SMILES string of the molecule is O=C(CCCc1ccccc1)Nc1ccc2c(c1)NC(OC(=O)C(F)(F)F)(c1cscn1)N2. The predicted molar refractivity (Wildman–Crippen MR) is 118 cm³/mol. The maximum Gasteiger partial charge on any atom is 0.491 e. The molecule has 0 fully saturated rings. The molecule has 0 saturated carbocycles. The molecule has 2 heterocycles. The molecule has 11 heteroatoms. The highest BCUT2D eigenvalue weighted by Gasteiger charge is 2.51. The van der Waals surface area contributed by atoms with Gasteiger partial charge in [0.15, 0.2) is 0 Å². The molecule has 172 valence electrons. The van der Waals surface area contributed by atoms with E-state index in [9.17, 15) is 22.8 Å². The minimum absolute atomic E-state index is 0.0628. The summed E-state index contributed by atoms with van der Waals surface area (Å²) in [4.78, 5) is 27.9. The number of carbonyl (C=O) groups is 2. The van der Waals surface area contributed by atoms with E-state index in [2.05, 4.69) is 20.9 Å². The van der Waals surface area contributed by atoms with E-state index >= 15 is 0 Å². The van der Waals surface area contributed by atoms with Crippen molar-refractivity contribution in [3.63, 3.8) is 0 Å². The zero-order chi connectivity index (χ0) is 23.5. The van der Waals surface area contributed by atoms with E-state index in [1.165, 1.54) is 10.9 Å². The summed E-state index contributed by atoms with van der Waals surface area (Å²) in [5, 5.41) is 9.77. The lowest BCUT2D eigenvalue weighted by Gasteiger charge is -2.28. The van der Waals surface area contributed by atoms with Gasteiger partial charge in [0.05, 0.1) is 16.9 Å². The van der Waals surface area contributed by atoms with Crippen molar-refractivity contribution in [1.29, 1.82) is 0 Å². The Labute approximate surface area is 191 Å². The number of esters is 1. The molecule has 0 aliphatic carbocycles. The van der Waals surface area contributed by atoms with E-state index in [1.807, 2.05) is 30.3 Å². The number of halogens is 3. The lowest BCUT2D eigenvalue weighted by molar-refractivity contribution is -0.210. The minimum atomic E-state index is -5.18. The van der Waals surface area contributed by atoms with Crippen LogP contribution >= 0.6 is 11.3 Å². The predicted octanol–water partition coefficient (Wildman–Crippen LogP) is 4.86. The summed E-state index contributed by atoms with van der Waals surface area (Å²) >= 11 is 1.14. The number of nitrogens with one attached hydrogen (secondary N) is 3. The van der Waals surface area contributed by atoms with Crippen LogP contribution in [0.1, 0.15) is 24.1 Å². The second-order valence-corrected chi connectivity index (χ2v) is 8.06. The number of aromatic nitrogens is 1. The van der Waals surface area contributed by atoms with Crippen LogP contribution < -0.4 is 16.0 Å². The Balaban J connectivity index is 1.43. The number of hydrogen-bond acceptors (Lipinski definition) is 7. The number of benzene rings is 2. The van der Waals surface area contributed by atoms with Crippen molar-refractivity contribution in [3.05, 3.63) is 70.7 Å². The summed E-state index contributed by atoms with van der Waals surface area (Å²) < 4.78 is 43.4. The zero-order valence-corrected chi connectivity index (χ0v) is 17.9. The first-order valence-electron chi connectivity index (χ1n) is 9.98. The van der Waals surface area contributed by atoms with E-state index in [1.54, 1.807) is 18.2 Å². The number of alkyl halides is 3. The van der Waals surface area contributed by atoms with Gasteiger partial charge < -0.3 is 20.7 Å². The fraction of sp³-hybridized carbons (Fsp3) is 0.227. The van der Waals surface area contributed by atoms with Gasteiger partial charge >= 0.3 is 18.0 Å². The van der Waals surface area contributed by atoms with Gasteiger partial charge in [-0.2, -0.15) is 13.2 Å². The Morgan fingerprint density at radius 1 is 1.09 bits per heavy atom. The fourth-order valence-corrected chi connectivity index (χ4v) is 3.97. The van der Waals surface area contributed by atoms with Gasteiger partial charge in [-0.05, 0) is 36.6 Å². The summed E-state index contributed by atoms with van der Waals surface area (Å²) in [5.41, 5.74) is 3.80. The first kappa shape index (κ1) is 22.6. The first-order valence-corrected chi connectivity index (χ1v) is 10.9. The van der Waals surface area contributed by atoms with Crippen molar-refractivity contribution in [2.45, 2.75) is 31.3 Å². The third-order valence-electron chi connectivity index (χ3n) is 4.91. The smallest absolute Gasteiger partial charge is 0.407 e. The van der Waals surface area contributed by atoms with Gasteiger partial charge in [-0.1, -0.05) is 30.3 Å². The molecule has 3 aromatic rings. The normalized spacial score (nSPS) is 16.9. The molecule has 0 bridgehead atoms. The number of hydrogen-bond donors (Lipinski definition) is 3. The molecule has 3 N–H and O–H groups in total. The fourth-order valence-electron chi connectivity index (χ4n) is 3.38. The molecule has 33 heavy (non-hydrogen) atoms. The molecule has 1 amide bonds. The van der Waals surface area contributed by atoms with E-state index in [0.717, 1.165) is 23.3 Å². The van der Waals surface area contributed by atoms with Crippen molar-refractivity contribution in [1.82, 2.24) is 4.98 Å². The molecule has 0 radical (unpaired) electrons.